The van der Waals surface area contributed by atoms with Crippen LogP contribution in [0.15, 0.2) is 18.2 Å². The molecule has 0 spiro atoms. The zero-order valence-corrected chi connectivity index (χ0v) is 12.1. The molecule has 1 unspecified atom stereocenters. The molecule has 114 valence electrons. The lowest BCUT2D eigenvalue weighted by atomic mass is 10.1. The Hall–Kier alpha value is -1.95. The molecule has 0 radical (unpaired) electrons. The average molecular weight is 295 g/mol. The lowest BCUT2D eigenvalue weighted by Crippen LogP contribution is -2.46. The van der Waals surface area contributed by atoms with Gasteiger partial charge in [-0.15, -0.1) is 0 Å². The first-order chi connectivity index (χ1) is 9.99. The van der Waals surface area contributed by atoms with Crippen LogP contribution in [0.3, 0.4) is 0 Å². The van der Waals surface area contributed by atoms with E-state index in [-0.39, 0.29) is 23.0 Å². The highest BCUT2D eigenvalue weighted by atomic mass is 19.1. The van der Waals surface area contributed by atoms with Gasteiger partial charge in [-0.25, -0.2) is 4.39 Å². The molecule has 0 N–H and O–H groups in total. The van der Waals surface area contributed by atoms with E-state index in [2.05, 4.69) is 0 Å². The number of rotatable bonds is 4. The summed E-state index contributed by atoms with van der Waals surface area (Å²) in [5.74, 6) is -0.773. The van der Waals surface area contributed by atoms with Gasteiger partial charge in [0.2, 0.25) is 0 Å². The van der Waals surface area contributed by atoms with Crippen LogP contribution in [-0.4, -0.2) is 49.0 Å². The van der Waals surface area contributed by atoms with Crippen molar-refractivity contribution < 1.29 is 23.5 Å². The number of ketones is 1. The SMILES string of the molecule is CC(=O)c1cc(F)ccc1OC(C)C(=O)N1CCOCC1. The summed E-state index contributed by atoms with van der Waals surface area (Å²) in [6.45, 7) is 5.01. The highest BCUT2D eigenvalue weighted by Crippen LogP contribution is 2.22. The molecule has 1 aromatic carbocycles. The van der Waals surface area contributed by atoms with E-state index in [4.69, 9.17) is 9.47 Å². The molecule has 2 rings (SSSR count). The molecule has 6 heteroatoms. The second kappa shape index (κ2) is 6.67. The maximum absolute atomic E-state index is 13.2. The number of halogens is 1. The number of Topliss-reactive ketones (excluding diaryl/α,β-unsaturated/α-hetero) is 1. The quantitative estimate of drug-likeness (QED) is 0.793. The summed E-state index contributed by atoms with van der Waals surface area (Å²) in [5, 5.41) is 0. The van der Waals surface area contributed by atoms with Crippen molar-refractivity contribution in [2.24, 2.45) is 0 Å². The van der Waals surface area contributed by atoms with Crippen molar-refractivity contribution in [3.05, 3.63) is 29.6 Å². The van der Waals surface area contributed by atoms with E-state index >= 15 is 0 Å². The maximum atomic E-state index is 13.2. The zero-order chi connectivity index (χ0) is 15.4. The zero-order valence-electron chi connectivity index (χ0n) is 12.1. The summed E-state index contributed by atoms with van der Waals surface area (Å²) in [6, 6.07) is 3.69. The van der Waals surface area contributed by atoms with Crippen LogP contribution < -0.4 is 4.74 Å². The fourth-order valence-electron chi connectivity index (χ4n) is 2.16. The van der Waals surface area contributed by atoms with Crippen LogP contribution in [0, 0.1) is 5.82 Å². The smallest absolute Gasteiger partial charge is 0.263 e. The van der Waals surface area contributed by atoms with Crippen LogP contribution in [-0.2, 0) is 9.53 Å². The first-order valence-corrected chi connectivity index (χ1v) is 6.82. The van der Waals surface area contributed by atoms with Crippen LogP contribution >= 0.6 is 0 Å². The van der Waals surface area contributed by atoms with E-state index in [0.717, 1.165) is 6.07 Å². The Morgan fingerprint density at radius 1 is 1.33 bits per heavy atom. The number of ether oxygens (including phenoxy) is 2. The predicted molar refractivity (Wildman–Crippen MR) is 73.9 cm³/mol. The summed E-state index contributed by atoms with van der Waals surface area (Å²) in [6.07, 6.45) is -0.744. The number of carbonyl (C=O) groups excluding carboxylic acids is 2. The molecule has 1 heterocycles. The third-order valence-corrected chi connectivity index (χ3v) is 3.30. The van der Waals surface area contributed by atoms with Gasteiger partial charge < -0.3 is 14.4 Å². The number of hydrogen-bond acceptors (Lipinski definition) is 4. The Kier molecular flexibility index (Phi) is 4.90. The molecular weight excluding hydrogens is 277 g/mol. The summed E-state index contributed by atoms with van der Waals surface area (Å²) < 4.78 is 23.9. The highest BCUT2D eigenvalue weighted by molar-refractivity contribution is 5.97. The number of carbonyl (C=O) groups is 2. The molecule has 1 aliphatic heterocycles. The van der Waals surface area contributed by atoms with Gasteiger partial charge in [-0.1, -0.05) is 0 Å². The third-order valence-electron chi connectivity index (χ3n) is 3.30. The van der Waals surface area contributed by atoms with E-state index < -0.39 is 11.9 Å². The molecule has 1 aromatic rings. The first-order valence-electron chi connectivity index (χ1n) is 6.82. The third kappa shape index (κ3) is 3.78. The van der Waals surface area contributed by atoms with Gasteiger partial charge in [0.15, 0.2) is 11.9 Å². The Morgan fingerprint density at radius 2 is 2.00 bits per heavy atom. The summed E-state index contributed by atoms with van der Waals surface area (Å²) in [4.78, 5) is 25.4. The van der Waals surface area contributed by atoms with Crippen LogP contribution in [0.4, 0.5) is 4.39 Å². The number of hydrogen-bond donors (Lipinski definition) is 0. The second-order valence-corrected chi connectivity index (χ2v) is 4.89. The molecule has 5 nitrogen and oxygen atoms in total. The molecule has 1 atom stereocenters. The van der Waals surface area contributed by atoms with Crippen LogP contribution in [0.25, 0.3) is 0 Å². The minimum Gasteiger partial charge on any atom is -0.480 e. The van der Waals surface area contributed by atoms with Crippen molar-refractivity contribution >= 4 is 11.7 Å². The molecule has 21 heavy (non-hydrogen) atoms. The van der Waals surface area contributed by atoms with Gasteiger partial charge in [-0.05, 0) is 32.0 Å². The van der Waals surface area contributed by atoms with Crippen molar-refractivity contribution in [1.82, 2.24) is 4.90 Å². The number of morpholine rings is 1. The second-order valence-electron chi connectivity index (χ2n) is 4.89. The van der Waals surface area contributed by atoms with Gasteiger partial charge in [0.25, 0.3) is 5.91 Å². The molecule has 0 saturated carbocycles. The molecule has 1 fully saturated rings. The largest absolute Gasteiger partial charge is 0.480 e. The van der Waals surface area contributed by atoms with E-state index in [9.17, 15) is 14.0 Å². The normalized spacial score (nSPS) is 16.4. The molecule has 0 bridgehead atoms. The predicted octanol–water partition coefficient (Wildman–Crippen LogP) is 1.65. The maximum Gasteiger partial charge on any atom is 0.263 e. The Balaban J connectivity index is 2.10. The first kappa shape index (κ1) is 15.4. The van der Waals surface area contributed by atoms with Gasteiger partial charge in [0.1, 0.15) is 11.6 Å². The Labute approximate surface area is 122 Å². The standard InChI is InChI=1S/C15H18FNO4/c1-10(18)13-9-12(16)3-4-14(13)21-11(2)15(19)17-5-7-20-8-6-17/h3-4,9,11H,5-8H2,1-2H3. The van der Waals surface area contributed by atoms with E-state index in [1.165, 1.54) is 19.1 Å². The monoisotopic (exact) mass is 295 g/mol. The van der Waals surface area contributed by atoms with Gasteiger partial charge in [-0.3, -0.25) is 9.59 Å². The molecule has 1 saturated heterocycles. The van der Waals surface area contributed by atoms with Crippen molar-refractivity contribution in [3.8, 4) is 5.75 Å². The topological polar surface area (TPSA) is 55.8 Å². The minimum absolute atomic E-state index is 0.136. The number of amides is 1. The van der Waals surface area contributed by atoms with Gasteiger partial charge in [-0.2, -0.15) is 0 Å². The van der Waals surface area contributed by atoms with Crippen LogP contribution in [0.1, 0.15) is 24.2 Å². The van der Waals surface area contributed by atoms with E-state index in [0.29, 0.717) is 26.3 Å². The van der Waals surface area contributed by atoms with Gasteiger partial charge >= 0.3 is 0 Å². The van der Waals surface area contributed by atoms with Crippen LogP contribution in [0.5, 0.6) is 5.75 Å². The molecule has 1 aliphatic rings. The summed E-state index contributed by atoms with van der Waals surface area (Å²) in [5.41, 5.74) is 0.136. The van der Waals surface area contributed by atoms with Crippen molar-refractivity contribution in [2.75, 3.05) is 26.3 Å². The highest BCUT2D eigenvalue weighted by Gasteiger charge is 2.24. The fourth-order valence-corrected chi connectivity index (χ4v) is 2.16. The van der Waals surface area contributed by atoms with Gasteiger partial charge in [0.05, 0.1) is 18.8 Å². The number of benzene rings is 1. The lowest BCUT2D eigenvalue weighted by Gasteiger charge is -2.29. The minimum atomic E-state index is -0.744. The van der Waals surface area contributed by atoms with Crippen molar-refractivity contribution in [2.45, 2.75) is 20.0 Å². The fraction of sp³-hybridized carbons (Fsp3) is 0.467. The summed E-state index contributed by atoms with van der Waals surface area (Å²) in [7, 11) is 0. The molecule has 0 aliphatic carbocycles. The molecule has 0 aromatic heterocycles. The Morgan fingerprint density at radius 3 is 2.62 bits per heavy atom. The van der Waals surface area contributed by atoms with Crippen LogP contribution in [0.2, 0.25) is 0 Å². The lowest BCUT2D eigenvalue weighted by molar-refractivity contribution is -0.142. The molecular formula is C15H18FNO4. The molecule has 1 amide bonds. The van der Waals surface area contributed by atoms with Crippen molar-refractivity contribution in [1.29, 1.82) is 0 Å². The number of nitrogens with zero attached hydrogens (tertiary/aromatic N) is 1. The van der Waals surface area contributed by atoms with E-state index in [1.54, 1.807) is 11.8 Å². The summed E-state index contributed by atoms with van der Waals surface area (Å²) >= 11 is 0. The van der Waals surface area contributed by atoms with E-state index in [1.807, 2.05) is 0 Å². The van der Waals surface area contributed by atoms with Gasteiger partial charge in [0, 0.05) is 13.1 Å². The average Bonchev–Trinajstić information content (AvgIpc) is 2.49. The van der Waals surface area contributed by atoms with Crippen molar-refractivity contribution in [3.63, 3.8) is 0 Å². The Bertz CT molecular complexity index is 540.